The number of nitrogens with one attached hydrogen (secondary N) is 1. The molecule has 1 N–H and O–H groups in total. The average molecular weight is 228 g/mol. The van der Waals surface area contributed by atoms with Crippen molar-refractivity contribution in [3.63, 3.8) is 0 Å². The van der Waals surface area contributed by atoms with Gasteiger partial charge in [0.2, 0.25) is 0 Å². The Kier molecular flexibility index (Phi) is 3.97. The zero-order valence-electron chi connectivity index (χ0n) is 10.6. The lowest BCUT2D eigenvalue weighted by atomic mass is 10.0. The lowest BCUT2D eigenvalue weighted by Crippen LogP contribution is -2.12. The number of fused-ring (bicyclic) bond motifs is 1. The minimum Gasteiger partial charge on any atom is -0.384 e. The monoisotopic (exact) mass is 228 g/mol. The summed E-state index contributed by atoms with van der Waals surface area (Å²) in [5.41, 5.74) is 1.22. The predicted molar refractivity (Wildman–Crippen MR) is 74.3 cm³/mol. The molecule has 0 bridgehead atoms. The van der Waals surface area contributed by atoms with E-state index in [4.69, 9.17) is 0 Å². The van der Waals surface area contributed by atoms with E-state index in [2.05, 4.69) is 48.4 Å². The highest BCUT2D eigenvalue weighted by Crippen LogP contribution is 2.22. The van der Waals surface area contributed by atoms with Crippen molar-refractivity contribution in [2.24, 2.45) is 5.92 Å². The number of anilines is 1. The zero-order chi connectivity index (χ0) is 12.1. The first-order valence-corrected chi connectivity index (χ1v) is 6.41. The van der Waals surface area contributed by atoms with Crippen LogP contribution in [-0.4, -0.2) is 11.5 Å². The Balaban J connectivity index is 2.18. The Morgan fingerprint density at radius 2 is 2.00 bits per heavy atom. The summed E-state index contributed by atoms with van der Waals surface area (Å²) >= 11 is 0. The fraction of sp³-hybridized carbons (Fsp3) is 0.400. The molecule has 0 saturated carbocycles. The zero-order valence-corrected chi connectivity index (χ0v) is 10.6. The Hall–Kier alpha value is -1.57. The molecule has 0 spiro atoms. The van der Waals surface area contributed by atoms with Crippen LogP contribution in [0.2, 0.25) is 0 Å². The van der Waals surface area contributed by atoms with E-state index < -0.39 is 0 Å². The van der Waals surface area contributed by atoms with Gasteiger partial charge < -0.3 is 5.32 Å². The molecule has 90 valence electrons. The highest BCUT2D eigenvalue weighted by atomic mass is 14.9. The molecule has 0 amide bonds. The molecule has 0 atom stereocenters. The summed E-state index contributed by atoms with van der Waals surface area (Å²) in [6.07, 6.45) is 6.23. The molecule has 0 aliphatic heterocycles. The van der Waals surface area contributed by atoms with Crippen LogP contribution in [0.25, 0.3) is 10.8 Å². The van der Waals surface area contributed by atoms with Crippen LogP contribution in [0.5, 0.6) is 0 Å². The van der Waals surface area contributed by atoms with Gasteiger partial charge >= 0.3 is 0 Å². The molecule has 2 heteroatoms. The molecule has 1 aromatic heterocycles. The largest absolute Gasteiger partial charge is 0.384 e. The van der Waals surface area contributed by atoms with Gasteiger partial charge in [0.15, 0.2) is 0 Å². The van der Waals surface area contributed by atoms with Gasteiger partial charge in [0, 0.05) is 35.4 Å². The van der Waals surface area contributed by atoms with Crippen molar-refractivity contribution in [3.05, 3.63) is 36.7 Å². The molecule has 2 nitrogen and oxygen atoms in total. The molecule has 1 aromatic carbocycles. The van der Waals surface area contributed by atoms with Crippen molar-refractivity contribution in [1.82, 2.24) is 4.98 Å². The number of pyridine rings is 1. The number of aromatic nitrogens is 1. The molecule has 0 saturated heterocycles. The van der Waals surface area contributed by atoms with Crippen molar-refractivity contribution >= 4 is 16.5 Å². The third kappa shape index (κ3) is 2.76. The first kappa shape index (κ1) is 11.9. The highest BCUT2D eigenvalue weighted by molar-refractivity contribution is 5.93. The van der Waals surface area contributed by atoms with Gasteiger partial charge in [0.05, 0.1) is 0 Å². The lowest BCUT2D eigenvalue weighted by Gasteiger charge is -2.15. The van der Waals surface area contributed by atoms with Crippen LogP contribution < -0.4 is 5.32 Å². The number of hydrogen-bond donors (Lipinski definition) is 1. The van der Waals surface area contributed by atoms with E-state index in [1.54, 1.807) is 0 Å². The molecule has 0 aliphatic rings. The van der Waals surface area contributed by atoms with Gasteiger partial charge in [-0.25, -0.2) is 0 Å². The van der Waals surface area contributed by atoms with Crippen molar-refractivity contribution < 1.29 is 0 Å². The molecule has 0 radical (unpaired) electrons. The Morgan fingerprint density at radius 3 is 2.76 bits per heavy atom. The Bertz CT molecular complexity index is 470. The normalized spacial score (nSPS) is 11.0. The molecule has 0 fully saturated rings. The van der Waals surface area contributed by atoms with Crippen LogP contribution in [0.3, 0.4) is 0 Å². The first-order valence-electron chi connectivity index (χ1n) is 6.41. The third-order valence-corrected chi connectivity index (χ3v) is 3.42. The van der Waals surface area contributed by atoms with Gasteiger partial charge in [-0.3, -0.25) is 4.98 Å². The average Bonchev–Trinajstić information content (AvgIpc) is 2.40. The fourth-order valence-corrected chi connectivity index (χ4v) is 2.11. The summed E-state index contributed by atoms with van der Waals surface area (Å²) in [5, 5.41) is 6.02. The van der Waals surface area contributed by atoms with Crippen molar-refractivity contribution in [2.75, 3.05) is 11.9 Å². The SMILES string of the molecule is CCC(CC)CNc1cccc2cnccc12. The van der Waals surface area contributed by atoms with Gasteiger partial charge in [-0.15, -0.1) is 0 Å². The van der Waals surface area contributed by atoms with Gasteiger partial charge in [-0.2, -0.15) is 0 Å². The van der Waals surface area contributed by atoms with Gasteiger partial charge in [-0.05, 0) is 18.1 Å². The summed E-state index contributed by atoms with van der Waals surface area (Å²) in [6, 6.07) is 8.40. The van der Waals surface area contributed by atoms with Crippen LogP contribution in [-0.2, 0) is 0 Å². The van der Waals surface area contributed by atoms with E-state index in [-0.39, 0.29) is 0 Å². The molecule has 0 unspecified atom stereocenters. The molecular formula is C15H20N2. The second-order valence-electron chi connectivity index (χ2n) is 4.47. The predicted octanol–water partition coefficient (Wildman–Crippen LogP) is 4.08. The summed E-state index contributed by atoms with van der Waals surface area (Å²) in [5.74, 6) is 0.757. The van der Waals surface area contributed by atoms with Crippen molar-refractivity contribution in [2.45, 2.75) is 26.7 Å². The maximum atomic E-state index is 4.15. The second-order valence-corrected chi connectivity index (χ2v) is 4.47. The second kappa shape index (κ2) is 5.67. The Labute approximate surface area is 103 Å². The van der Waals surface area contributed by atoms with Crippen molar-refractivity contribution in [3.8, 4) is 0 Å². The number of rotatable bonds is 5. The summed E-state index contributed by atoms with van der Waals surface area (Å²) in [7, 11) is 0. The quantitative estimate of drug-likeness (QED) is 0.834. The maximum absolute atomic E-state index is 4.15. The number of benzene rings is 1. The summed E-state index contributed by atoms with van der Waals surface area (Å²) in [4.78, 5) is 4.15. The van der Waals surface area contributed by atoms with Crippen LogP contribution >= 0.6 is 0 Å². The fourth-order valence-electron chi connectivity index (χ4n) is 2.11. The van der Waals surface area contributed by atoms with Crippen LogP contribution in [0.1, 0.15) is 26.7 Å². The first-order chi connectivity index (χ1) is 8.35. The molecule has 17 heavy (non-hydrogen) atoms. The van der Waals surface area contributed by atoms with Gasteiger partial charge in [0.1, 0.15) is 0 Å². The van der Waals surface area contributed by atoms with Crippen LogP contribution in [0.15, 0.2) is 36.7 Å². The topological polar surface area (TPSA) is 24.9 Å². The van der Waals surface area contributed by atoms with E-state index in [1.165, 1.54) is 29.3 Å². The van der Waals surface area contributed by atoms with E-state index in [0.717, 1.165) is 12.5 Å². The highest BCUT2D eigenvalue weighted by Gasteiger charge is 2.04. The van der Waals surface area contributed by atoms with Crippen LogP contribution in [0.4, 0.5) is 5.69 Å². The summed E-state index contributed by atoms with van der Waals surface area (Å²) < 4.78 is 0. The van der Waals surface area contributed by atoms with Crippen LogP contribution in [0, 0.1) is 5.92 Å². The van der Waals surface area contributed by atoms with Gasteiger partial charge in [-0.1, -0.05) is 38.8 Å². The molecule has 0 aliphatic carbocycles. The van der Waals surface area contributed by atoms with E-state index >= 15 is 0 Å². The summed E-state index contributed by atoms with van der Waals surface area (Å²) in [6.45, 7) is 5.56. The van der Waals surface area contributed by atoms with Gasteiger partial charge in [0.25, 0.3) is 0 Å². The maximum Gasteiger partial charge on any atom is 0.0421 e. The van der Waals surface area contributed by atoms with E-state index in [1.807, 2.05) is 12.4 Å². The standard InChI is InChI=1S/C15H20N2/c1-3-12(4-2)10-17-15-7-5-6-13-11-16-9-8-14(13)15/h5-9,11-12,17H,3-4,10H2,1-2H3. The smallest absolute Gasteiger partial charge is 0.0421 e. The third-order valence-electron chi connectivity index (χ3n) is 3.42. The minimum atomic E-state index is 0.757. The molecule has 2 aromatic rings. The number of nitrogens with zero attached hydrogens (tertiary/aromatic N) is 1. The van der Waals surface area contributed by atoms with E-state index in [0.29, 0.717) is 0 Å². The molecule has 2 rings (SSSR count). The minimum absolute atomic E-state index is 0.757. The van der Waals surface area contributed by atoms with Crippen molar-refractivity contribution in [1.29, 1.82) is 0 Å². The number of hydrogen-bond acceptors (Lipinski definition) is 2. The molecular weight excluding hydrogens is 208 g/mol. The molecule has 1 heterocycles. The Morgan fingerprint density at radius 1 is 1.18 bits per heavy atom. The lowest BCUT2D eigenvalue weighted by molar-refractivity contribution is 0.519. The van der Waals surface area contributed by atoms with E-state index in [9.17, 15) is 0 Å².